The number of hydrogen-bond acceptors (Lipinski definition) is 4. The van der Waals surface area contributed by atoms with Crippen LogP contribution in [0, 0.1) is 5.92 Å². The number of ether oxygens (including phenoxy) is 1. The van der Waals surface area contributed by atoms with Crippen LogP contribution in [-0.4, -0.2) is 43.3 Å². The normalized spacial score (nSPS) is 23.4. The summed E-state index contributed by atoms with van der Waals surface area (Å²) >= 11 is 0. The third-order valence-electron chi connectivity index (χ3n) is 11.9. The van der Waals surface area contributed by atoms with Crippen LogP contribution in [0.15, 0.2) is 120 Å². The fourth-order valence-electron chi connectivity index (χ4n) is 9.35. The van der Waals surface area contributed by atoms with Gasteiger partial charge in [-0.3, -0.25) is 14.5 Å². The fourth-order valence-corrected chi connectivity index (χ4v) is 9.35. The standard InChI is InChI=1S/C46H50N2O4/c1-6-31-27-32(19-21-40-45(2,3)38-17-11-12-18-39(38)47(40)24-23-42(50)51)29-33(28-31)20-22-41-46(4,5)43-36-15-9-7-13-34(36)35-14-8-10-16-37(35)44(43)48(41)25-26-52-30-49/h7-22,29-31,40H,6,23-28H2,1-5H3,(H,50,51)/p+1/b21-19+,33-20+,41-22-. The summed E-state index contributed by atoms with van der Waals surface area (Å²) in [5.41, 5.74) is 8.40. The first-order valence-corrected chi connectivity index (χ1v) is 18.8. The molecule has 0 aromatic heterocycles. The Labute approximate surface area is 307 Å². The van der Waals surface area contributed by atoms with E-state index in [0.29, 0.717) is 32.1 Å². The molecule has 3 aliphatic rings. The molecule has 0 saturated carbocycles. The van der Waals surface area contributed by atoms with Gasteiger partial charge in [0.15, 0.2) is 0 Å². The summed E-state index contributed by atoms with van der Waals surface area (Å²) in [6.45, 7) is 13.4. The van der Waals surface area contributed by atoms with Crippen molar-refractivity contribution in [2.24, 2.45) is 5.92 Å². The number of carbonyl (C=O) groups is 2. The Morgan fingerprint density at radius 1 is 0.923 bits per heavy atom. The molecule has 4 aromatic rings. The summed E-state index contributed by atoms with van der Waals surface area (Å²) in [6.07, 6.45) is 14.9. The minimum atomic E-state index is -0.758. The van der Waals surface area contributed by atoms with Gasteiger partial charge in [-0.15, -0.1) is 0 Å². The first kappa shape index (κ1) is 35.5. The average molecular weight is 696 g/mol. The van der Waals surface area contributed by atoms with Crippen molar-refractivity contribution in [3.63, 3.8) is 0 Å². The van der Waals surface area contributed by atoms with Crippen molar-refractivity contribution in [1.29, 1.82) is 0 Å². The minimum absolute atomic E-state index is 0.127. The summed E-state index contributed by atoms with van der Waals surface area (Å²) in [5.74, 6) is -0.218. The Morgan fingerprint density at radius 2 is 1.60 bits per heavy atom. The van der Waals surface area contributed by atoms with E-state index in [-0.39, 0.29) is 23.3 Å². The van der Waals surface area contributed by atoms with Crippen molar-refractivity contribution >= 4 is 45.4 Å². The van der Waals surface area contributed by atoms with Crippen LogP contribution in [0.5, 0.6) is 0 Å². The number of anilines is 1. The van der Waals surface area contributed by atoms with Crippen LogP contribution < -0.4 is 9.80 Å². The summed E-state index contributed by atoms with van der Waals surface area (Å²) < 4.78 is 5.29. The van der Waals surface area contributed by atoms with Gasteiger partial charge in [-0.25, -0.2) is 0 Å². The van der Waals surface area contributed by atoms with Gasteiger partial charge in [-0.2, -0.15) is 0 Å². The van der Waals surface area contributed by atoms with Crippen LogP contribution in [0.4, 0.5) is 11.4 Å². The molecule has 0 radical (unpaired) electrons. The lowest BCUT2D eigenvalue weighted by Gasteiger charge is -2.28. The molecular formula is C46H51N2O4+. The van der Waals surface area contributed by atoms with Gasteiger partial charge >= 0.3 is 5.97 Å². The van der Waals surface area contributed by atoms with Gasteiger partial charge in [-0.1, -0.05) is 112 Å². The molecule has 3 atom stereocenters. The van der Waals surface area contributed by atoms with Crippen molar-refractivity contribution in [3.05, 3.63) is 131 Å². The number of nitrogens with one attached hydrogen (secondary N) is 1. The Bertz CT molecular complexity index is 2150. The monoisotopic (exact) mass is 695 g/mol. The second-order valence-electron chi connectivity index (χ2n) is 15.8. The Morgan fingerprint density at radius 3 is 2.31 bits per heavy atom. The Kier molecular flexibility index (Phi) is 9.71. The summed E-state index contributed by atoms with van der Waals surface area (Å²) in [5, 5.41) is 14.5. The number of hydrogen-bond donors (Lipinski definition) is 2. The lowest BCUT2D eigenvalue weighted by molar-refractivity contribution is -0.849. The number of quaternary nitrogens is 1. The molecule has 0 saturated heterocycles. The van der Waals surface area contributed by atoms with Gasteiger partial charge in [-0.05, 0) is 83.7 Å². The van der Waals surface area contributed by atoms with Crippen LogP contribution in [0.3, 0.4) is 0 Å². The van der Waals surface area contributed by atoms with Gasteiger partial charge in [0.05, 0.1) is 30.6 Å². The largest absolute Gasteiger partial charge is 0.481 e. The molecule has 4 aromatic carbocycles. The predicted molar refractivity (Wildman–Crippen MR) is 211 cm³/mol. The number of allylic oxidation sites excluding steroid dienone is 7. The van der Waals surface area contributed by atoms with Crippen molar-refractivity contribution in [2.45, 2.75) is 77.2 Å². The SMILES string of the molecule is CCC1CC(/C=C/C2[NH+](CCC(=O)O)c3ccccc3C2(C)C)=CC(=C/C=C2\N(CCOC=O)c3c(c4ccccc4c4ccccc34)C2(C)C)/C1. The second-order valence-corrected chi connectivity index (χ2v) is 15.8. The van der Waals surface area contributed by atoms with Crippen LogP contribution >= 0.6 is 0 Å². The summed E-state index contributed by atoms with van der Waals surface area (Å²) in [7, 11) is 0. The Hall–Kier alpha value is -4.94. The number of carboxylic acid groups (broad SMARTS) is 1. The van der Waals surface area contributed by atoms with Gasteiger partial charge in [0.25, 0.3) is 6.47 Å². The van der Waals surface area contributed by atoms with E-state index in [1.165, 1.54) is 65.8 Å². The number of carboxylic acids is 1. The lowest BCUT2D eigenvalue weighted by Crippen LogP contribution is -3.10. The number of para-hydroxylation sites is 1. The molecule has 6 heteroatoms. The number of nitrogens with zero attached hydrogens (tertiary/aromatic N) is 1. The van der Waals surface area contributed by atoms with E-state index in [2.05, 4.69) is 143 Å². The molecule has 3 unspecified atom stereocenters. The highest BCUT2D eigenvalue weighted by Gasteiger charge is 2.48. The third-order valence-corrected chi connectivity index (χ3v) is 11.9. The summed E-state index contributed by atoms with van der Waals surface area (Å²) in [6, 6.07) is 26.0. The van der Waals surface area contributed by atoms with Crippen molar-refractivity contribution in [2.75, 3.05) is 24.6 Å². The molecule has 0 bridgehead atoms. The summed E-state index contributed by atoms with van der Waals surface area (Å²) in [4.78, 5) is 26.5. The van der Waals surface area contributed by atoms with Crippen molar-refractivity contribution in [1.82, 2.24) is 0 Å². The maximum atomic E-state index is 11.6. The topological polar surface area (TPSA) is 71.3 Å². The fraction of sp³-hybridized carbons (Fsp3) is 0.348. The molecule has 268 valence electrons. The van der Waals surface area contributed by atoms with Gasteiger partial charge in [0.1, 0.15) is 18.3 Å². The average Bonchev–Trinajstić information content (AvgIpc) is 3.50. The highest BCUT2D eigenvalue weighted by atomic mass is 16.5. The van der Waals surface area contributed by atoms with E-state index in [1.54, 1.807) is 0 Å². The second kappa shape index (κ2) is 14.2. The van der Waals surface area contributed by atoms with E-state index in [0.717, 1.165) is 19.3 Å². The van der Waals surface area contributed by atoms with Crippen LogP contribution in [0.1, 0.15) is 71.4 Å². The highest BCUT2D eigenvalue weighted by Crippen LogP contribution is 2.54. The lowest BCUT2D eigenvalue weighted by atomic mass is 9.79. The maximum absolute atomic E-state index is 11.6. The molecule has 2 aliphatic heterocycles. The van der Waals surface area contributed by atoms with Gasteiger partial charge in [0.2, 0.25) is 0 Å². The van der Waals surface area contributed by atoms with Crippen molar-refractivity contribution in [3.8, 4) is 0 Å². The zero-order valence-electron chi connectivity index (χ0n) is 31.1. The van der Waals surface area contributed by atoms with E-state index in [4.69, 9.17) is 4.74 Å². The third kappa shape index (κ3) is 6.28. The molecule has 7 rings (SSSR count). The number of rotatable bonds is 11. The number of benzene rings is 4. The molecule has 2 N–H and O–H groups in total. The highest BCUT2D eigenvalue weighted by molar-refractivity contribution is 6.17. The van der Waals surface area contributed by atoms with Crippen LogP contribution in [0.2, 0.25) is 0 Å². The number of carbonyl (C=O) groups excluding carboxylic acids is 1. The quantitative estimate of drug-likeness (QED) is 0.0934. The molecular weight excluding hydrogens is 645 g/mol. The maximum Gasteiger partial charge on any atom is 0.309 e. The van der Waals surface area contributed by atoms with E-state index < -0.39 is 5.97 Å². The van der Waals surface area contributed by atoms with E-state index >= 15 is 0 Å². The first-order valence-electron chi connectivity index (χ1n) is 18.8. The number of fused-ring (bicyclic) bond motifs is 7. The van der Waals surface area contributed by atoms with Crippen LogP contribution in [0.25, 0.3) is 21.5 Å². The van der Waals surface area contributed by atoms with E-state index in [9.17, 15) is 14.7 Å². The van der Waals surface area contributed by atoms with Crippen LogP contribution in [-0.2, 0) is 25.2 Å². The zero-order chi connectivity index (χ0) is 36.6. The number of aliphatic carboxylic acids is 1. The predicted octanol–water partition coefficient (Wildman–Crippen LogP) is 8.73. The van der Waals surface area contributed by atoms with E-state index in [1.807, 2.05) is 0 Å². The van der Waals surface area contributed by atoms with Crippen molar-refractivity contribution < 1.29 is 24.3 Å². The van der Waals surface area contributed by atoms with Gasteiger partial charge in [0, 0.05) is 22.1 Å². The minimum Gasteiger partial charge on any atom is -0.481 e. The Balaban J connectivity index is 1.28. The zero-order valence-corrected chi connectivity index (χ0v) is 31.1. The smallest absolute Gasteiger partial charge is 0.309 e. The van der Waals surface area contributed by atoms with Gasteiger partial charge < -0.3 is 14.7 Å². The molecule has 0 spiro atoms. The molecule has 1 aliphatic carbocycles. The molecule has 52 heavy (non-hydrogen) atoms. The molecule has 0 fully saturated rings. The molecule has 6 nitrogen and oxygen atoms in total. The first-order chi connectivity index (χ1) is 25.1. The molecule has 2 heterocycles. The molecule has 0 amide bonds.